The zero-order valence-corrected chi connectivity index (χ0v) is 13.2. The molecule has 7 heteroatoms. The monoisotopic (exact) mass is 315 g/mol. The van der Waals surface area contributed by atoms with E-state index in [2.05, 4.69) is 9.62 Å². The largest absolute Gasteiger partial charge is 0.399 e. The predicted molar refractivity (Wildman–Crippen MR) is 81.0 cm³/mol. The number of rotatable bonds is 5. The zero-order valence-electron chi connectivity index (χ0n) is 12.4. The van der Waals surface area contributed by atoms with Crippen LogP contribution in [0.2, 0.25) is 0 Å². The minimum atomic E-state index is -3.89. The molecule has 0 aromatic heterocycles. The van der Waals surface area contributed by atoms with E-state index in [4.69, 9.17) is 5.73 Å². The van der Waals surface area contributed by atoms with Crippen molar-refractivity contribution in [1.29, 1.82) is 0 Å². The molecule has 0 amide bonds. The van der Waals surface area contributed by atoms with Gasteiger partial charge in [-0.2, -0.15) is 0 Å². The van der Waals surface area contributed by atoms with Crippen molar-refractivity contribution in [2.75, 3.05) is 25.4 Å². The molecule has 21 heavy (non-hydrogen) atoms. The maximum Gasteiger partial charge on any atom is 0.243 e. The topological polar surface area (TPSA) is 75.4 Å². The first-order chi connectivity index (χ1) is 9.81. The summed E-state index contributed by atoms with van der Waals surface area (Å²) in [6.07, 6.45) is 2.28. The highest BCUT2D eigenvalue weighted by Gasteiger charge is 2.24. The van der Waals surface area contributed by atoms with Gasteiger partial charge in [-0.1, -0.05) is 0 Å². The van der Waals surface area contributed by atoms with E-state index in [0.29, 0.717) is 0 Å². The van der Waals surface area contributed by atoms with Crippen LogP contribution in [-0.4, -0.2) is 39.0 Å². The fourth-order valence-corrected chi connectivity index (χ4v) is 3.88. The number of hydrogen-bond donors (Lipinski definition) is 2. The van der Waals surface area contributed by atoms with Gasteiger partial charge in [0.15, 0.2) is 0 Å². The smallest absolute Gasteiger partial charge is 0.243 e. The van der Waals surface area contributed by atoms with E-state index >= 15 is 0 Å². The van der Waals surface area contributed by atoms with Crippen LogP contribution in [0.1, 0.15) is 25.3 Å². The van der Waals surface area contributed by atoms with Crippen LogP contribution in [-0.2, 0) is 10.0 Å². The number of nitrogens with one attached hydrogen (secondary N) is 1. The lowest BCUT2D eigenvalue weighted by molar-refractivity contribution is 0.260. The first-order valence-corrected chi connectivity index (χ1v) is 8.59. The van der Waals surface area contributed by atoms with E-state index in [0.717, 1.165) is 32.0 Å². The van der Waals surface area contributed by atoms with E-state index in [-0.39, 0.29) is 28.7 Å². The number of hydrogen-bond acceptors (Lipinski definition) is 4. The van der Waals surface area contributed by atoms with Gasteiger partial charge < -0.3 is 5.73 Å². The van der Waals surface area contributed by atoms with Crippen LogP contribution in [0.3, 0.4) is 0 Å². The third kappa shape index (κ3) is 3.72. The summed E-state index contributed by atoms with van der Waals surface area (Å²) >= 11 is 0. The van der Waals surface area contributed by atoms with Crippen LogP contribution in [0.5, 0.6) is 0 Å². The molecule has 1 unspecified atom stereocenters. The Kier molecular flexibility index (Phi) is 4.85. The Hall–Kier alpha value is -1.18. The number of nitrogens with zero attached hydrogens (tertiary/aromatic N) is 1. The van der Waals surface area contributed by atoms with Crippen molar-refractivity contribution >= 4 is 15.7 Å². The molecule has 0 radical (unpaired) electrons. The van der Waals surface area contributed by atoms with Crippen LogP contribution in [0.4, 0.5) is 10.1 Å². The van der Waals surface area contributed by atoms with E-state index < -0.39 is 15.8 Å². The van der Waals surface area contributed by atoms with Gasteiger partial charge in [-0.05, 0) is 57.5 Å². The van der Waals surface area contributed by atoms with Crippen LogP contribution < -0.4 is 10.5 Å². The number of sulfonamides is 1. The Morgan fingerprint density at radius 2 is 2.00 bits per heavy atom. The van der Waals surface area contributed by atoms with Gasteiger partial charge in [0, 0.05) is 18.3 Å². The quantitative estimate of drug-likeness (QED) is 0.807. The average Bonchev–Trinajstić information content (AvgIpc) is 2.94. The third-order valence-corrected chi connectivity index (χ3v) is 5.29. The lowest BCUT2D eigenvalue weighted by atomic mass is 10.2. The first kappa shape index (κ1) is 16.2. The fourth-order valence-electron chi connectivity index (χ4n) is 2.58. The lowest BCUT2D eigenvalue weighted by Crippen LogP contribution is -2.40. The zero-order chi connectivity index (χ0) is 15.6. The van der Waals surface area contributed by atoms with Crippen molar-refractivity contribution in [2.24, 2.45) is 0 Å². The molecule has 118 valence electrons. The van der Waals surface area contributed by atoms with Crippen molar-refractivity contribution in [3.63, 3.8) is 0 Å². The minimum Gasteiger partial charge on any atom is -0.399 e. The van der Waals surface area contributed by atoms with Crippen molar-refractivity contribution < 1.29 is 12.8 Å². The molecule has 0 saturated carbocycles. The summed E-state index contributed by atoms with van der Waals surface area (Å²) in [5.74, 6) is -0.745. The summed E-state index contributed by atoms with van der Waals surface area (Å²) in [4.78, 5) is 1.84. The second kappa shape index (κ2) is 6.29. The van der Waals surface area contributed by atoms with Gasteiger partial charge in [-0.3, -0.25) is 4.90 Å². The Bertz CT molecular complexity index is 613. The third-order valence-electron chi connectivity index (χ3n) is 3.87. The molecule has 1 aromatic rings. The van der Waals surface area contributed by atoms with Gasteiger partial charge in [0.25, 0.3) is 0 Å². The Morgan fingerprint density at radius 3 is 2.62 bits per heavy atom. The summed E-state index contributed by atoms with van der Waals surface area (Å²) in [5.41, 5.74) is 6.08. The summed E-state index contributed by atoms with van der Waals surface area (Å²) in [7, 11) is -3.89. The van der Waals surface area contributed by atoms with Crippen LogP contribution in [0.15, 0.2) is 17.0 Å². The molecule has 1 aliphatic heterocycles. The average molecular weight is 315 g/mol. The Labute approximate surface area is 125 Å². The molecule has 0 spiro atoms. The van der Waals surface area contributed by atoms with Gasteiger partial charge >= 0.3 is 0 Å². The number of nitrogen functional groups attached to an aromatic ring is 1. The molecule has 1 aliphatic rings. The minimum absolute atomic E-state index is 0.0903. The van der Waals surface area contributed by atoms with Gasteiger partial charge in [0.1, 0.15) is 10.7 Å². The second-order valence-corrected chi connectivity index (χ2v) is 7.33. The van der Waals surface area contributed by atoms with Gasteiger partial charge in [0.2, 0.25) is 10.0 Å². The SMILES string of the molecule is Cc1cc(N)cc(S(=O)(=O)NCC(C)N2CCCC2)c1F. The number of benzene rings is 1. The Morgan fingerprint density at radius 1 is 1.38 bits per heavy atom. The normalized spacial score (nSPS) is 18.0. The number of likely N-dealkylation sites (tertiary alicyclic amines) is 1. The molecule has 1 heterocycles. The first-order valence-electron chi connectivity index (χ1n) is 7.10. The summed E-state index contributed by atoms with van der Waals surface area (Å²) < 4.78 is 41.0. The van der Waals surface area contributed by atoms with Crippen LogP contribution in [0.25, 0.3) is 0 Å². The molecule has 1 saturated heterocycles. The molecule has 5 nitrogen and oxygen atoms in total. The van der Waals surface area contributed by atoms with E-state index in [1.54, 1.807) is 0 Å². The highest BCUT2D eigenvalue weighted by molar-refractivity contribution is 7.89. The molecule has 0 aliphatic carbocycles. The molecule has 3 N–H and O–H groups in total. The van der Waals surface area contributed by atoms with Crippen molar-refractivity contribution in [3.8, 4) is 0 Å². The van der Waals surface area contributed by atoms with E-state index in [9.17, 15) is 12.8 Å². The maximum atomic E-state index is 14.0. The summed E-state index contributed by atoms with van der Waals surface area (Å²) in [6, 6.07) is 2.67. The van der Waals surface area contributed by atoms with Crippen LogP contribution >= 0.6 is 0 Å². The summed E-state index contributed by atoms with van der Waals surface area (Å²) in [6.45, 7) is 5.69. The summed E-state index contributed by atoms with van der Waals surface area (Å²) in [5, 5.41) is 0. The maximum absolute atomic E-state index is 14.0. The molecule has 1 fully saturated rings. The number of anilines is 1. The van der Waals surface area contributed by atoms with Gasteiger partial charge in [-0.25, -0.2) is 17.5 Å². The molecule has 2 rings (SSSR count). The number of halogens is 1. The fraction of sp³-hybridized carbons (Fsp3) is 0.571. The molecular weight excluding hydrogens is 293 g/mol. The van der Waals surface area contributed by atoms with Crippen LogP contribution in [0, 0.1) is 12.7 Å². The predicted octanol–water partition coefficient (Wildman–Crippen LogP) is 1.48. The number of nitrogens with two attached hydrogens (primary N) is 1. The van der Waals surface area contributed by atoms with Crippen molar-refractivity contribution in [2.45, 2.75) is 37.6 Å². The lowest BCUT2D eigenvalue weighted by Gasteiger charge is -2.23. The standard InChI is InChI=1S/C14H22FN3O2S/c1-10-7-12(16)8-13(14(10)15)21(19,20)17-9-11(2)18-5-3-4-6-18/h7-8,11,17H,3-6,9,16H2,1-2H3. The second-order valence-electron chi connectivity index (χ2n) is 5.59. The highest BCUT2D eigenvalue weighted by atomic mass is 32.2. The number of aryl methyl sites for hydroxylation is 1. The van der Waals surface area contributed by atoms with Crippen molar-refractivity contribution in [1.82, 2.24) is 9.62 Å². The Balaban J connectivity index is 2.11. The van der Waals surface area contributed by atoms with Crippen molar-refractivity contribution in [3.05, 3.63) is 23.5 Å². The van der Waals surface area contributed by atoms with Gasteiger partial charge in [-0.15, -0.1) is 0 Å². The molecule has 1 aromatic carbocycles. The highest BCUT2D eigenvalue weighted by Crippen LogP contribution is 2.21. The van der Waals surface area contributed by atoms with E-state index in [1.807, 2.05) is 6.92 Å². The molecule has 1 atom stereocenters. The molecular formula is C14H22FN3O2S. The molecule has 0 bridgehead atoms. The van der Waals surface area contributed by atoms with E-state index in [1.165, 1.54) is 13.0 Å². The van der Waals surface area contributed by atoms with Gasteiger partial charge in [0.05, 0.1) is 0 Å².